The Kier molecular flexibility index (Phi) is 1.23. The van der Waals surface area contributed by atoms with Crippen LogP contribution in [0.5, 0.6) is 0 Å². The molecule has 2 aliphatic heterocycles. The van der Waals surface area contributed by atoms with Gasteiger partial charge in [-0.2, -0.15) is 0 Å². The first-order valence-corrected chi connectivity index (χ1v) is 4.78. The van der Waals surface area contributed by atoms with Crippen LogP contribution in [0.15, 0.2) is 12.1 Å². The summed E-state index contributed by atoms with van der Waals surface area (Å²) in [6.45, 7) is 2.39. The van der Waals surface area contributed by atoms with Gasteiger partial charge in [0.1, 0.15) is 0 Å². The van der Waals surface area contributed by atoms with Gasteiger partial charge in [-0.1, -0.05) is 11.6 Å². The number of nitrogens with zero attached hydrogens (tertiary/aromatic N) is 1. The molecule has 2 heterocycles. The van der Waals surface area contributed by atoms with E-state index < -0.39 is 0 Å². The van der Waals surface area contributed by atoms with E-state index in [2.05, 4.69) is 17.0 Å². The van der Waals surface area contributed by atoms with Gasteiger partial charge >= 0.3 is 0 Å². The van der Waals surface area contributed by atoms with Crippen LogP contribution >= 0.6 is 11.6 Å². The molecular weight excluding hydrogens is 170 g/mol. The molecule has 1 aromatic rings. The Hall–Kier alpha value is -0.690. The van der Waals surface area contributed by atoms with E-state index in [9.17, 15) is 0 Å². The van der Waals surface area contributed by atoms with E-state index in [4.69, 9.17) is 11.6 Å². The first-order valence-electron chi connectivity index (χ1n) is 4.41. The number of hydrogen-bond donors (Lipinski definition) is 0. The molecule has 0 amide bonds. The third-order valence-corrected chi connectivity index (χ3v) is 3.07. The molecule has 2 aliphatic rings. The SMILES string of the molecule is Clc1cc2c3c(c1)CCN3CC2. The molecule has 0 atom stereocenters. The van der Waals surface area contributed by atoms with Crippen molar-refractivity contribution < 1.29 is 0 Å². The molecule has 2 heteroatoms. The maximum Gasteiger partial charge on any atom is 0.0433 e. The van der Waals surface area contributed by atoms with Crippen LogP contribution in [0, 0.1) is 0 Å². The van der Waals surface area contributed by atoms with Crippen LogP contribution in [0.4, 0.5) is 5.69 Å². The fraction of sp³-hybridized carbons (Fsp3) is 0.400. The van der Waals surface area contributed by atoms with Crippen molar-refractivity contribution >= 4 is 17.3 Å². The lowest BCUT2D eigenvalue weighted by Gasteiger charge is -2.10. The third-order valence-electron chi connectivity index (χ3n) is 2.85. The van der Waals surface area contributed by atoms with Crippen LogP contribution in [0.25, 0.3) is 0 Å². The highest BCUT2D eigenvalue weighted by Crippen LogP contribution is 2.38. The van der Waals surface area contributed by atoms with E-state index in [1.807, 2.05) is 0 Å². The minimum atomic E-state index is 0.910. The summed E-state index contributed by atoms with van der Waals surface area (Å²) in [5, 5.41) is 0.910. The lowest BCUT2D eigenvalue weighted by Crippen LogP contribution is -2.17. The van der Waals surface area contributed by atoms with E-state index in [1.165, 1.54) is 42.7 Å². The molecule has 0 fully saturated rings. The highest BCUT2D eigenvalue weighted by atomic mass is 35.5. The number of halogens is 1. The molecule has 0 saturated carbocycles. The summed E-state index contributed by atoms with van der Waals surface area (Å²) in [5.74, 6) is 0. The van der Waals surface area contributed by atoms with Crippen LogP contribution in [0.1, 0.15) is 11.1 Å². The highest BCUT2D eigenvalue weighted by Gasteiger charge is 2.27. The van der Waals surface area contributed by atoms with Gasteiger partial charge in [-0.15, -0.1) is 0 Å². The Morgan fingerprint density at radius 2 is 1.67 bits per heavy atom. The summed E-state index contributed by atoms with van der Waals surface area (Å²) in [5.41, 5.74) is 4.39. The molecule has 0 aliphatic carbocycles. The molecule has 1 nitrogen and oxygen atoms in total. The van der Waals surface area contributed by atoms with E-state index >= 15 is 0 Å². The van der Waals surface area contributed by atoms with Gasteiger partial charge in [-0.3, -0.25) is 0 Å². The zero-order chi connectivity index (χ0) is 8.13. The molecule has 0 radical (unpaired) electrons. The smallest absolute Gasteiger partial charge is 0.0433 e. The maximum absolute atomic E-state index is 6.01. The Morgan fingerprint density at radius 1 is 1.08 bits per heavy atom. The van der Waals surface area contributed by atoms with Gasteiger partial charge in [0.15, 0.2) is 0 Å². The molecule has 0 bridgehead atoms. The van der Waals surface area contributed by atoms with E-state index in [1.54, 1.807) is 0 Å². The van der Waals surface area contributed by atoms with Gasteiger partial charge in [-0.25, -0.2) is 0 Å². The van der Waals surface area contributed by atoms with Gasteiger partial charge in [0.2, 0.25) is 0 Å². The first-order chi connectivity index (χ1) is 5.84. The molecule has 3 rings (SSSR count). The molecule has 0 spiro atoms. The summed E-state index contributed by atoms with van der Waals surface area (Å²) < 4.78 is 0. The number of anilines is 1. The van der Waals surface area contributed by atoms with Crippen LogP contribution in [0.3, 0.4) is 0 Å². The molecule has 12 heavy (non-hydrogen) atoms. The van der Waals surface area contributed by atoms with E-state index in [0.29, 0.717) is 0 Å². The average molecular weight is 180 g/mol. The number of rotatable bonds is 0. The lowest BCUT2D eigenvalue weighted by atomic mass is 10.1. The Morgan fingerprint density at radius 3 is 2.25 bits per heavy atom. The third kappa shape index (κ3) is 0.748. The van der Waals surface area contributed by atoms with Crippen molar-refractivity contribution in [3.63, 3.8) is 0 Å². The largest absolute Gasteiger partial charge is 0.370 e. The van der Waals surface area contributed by atoms with Gasteiger partial charge < -0.3 is 4.90 Å². The quantitative estimate of drug-likeness (QED) is 0.591. The minimum Gasteiger partial charge on any atom is -0.370 e. The van der Waals surface area contributed by atoms with Crippen LogP contribution in [-0.2, 0) is 12.8 Å². The Balaban J connectivity index is 2.29. The molecule has 0 unspecified atom stereocenters. The standard InChI is InChI=1S/C10H10ClN/c11-9-5-7-1-3-12-4-2-8(6-9)10(7)12/h5-6H,1-4H2. The van der Waals surface area contributed by atoms with Crippen molar-refractivity contribution in [3.8, 4) is 0 Å². The van der Waals surface area contributed by atoms with E-state index in [0.717, 1.165) is 5.02 Å². The normalized spacial score (nSPS) is 18.6. The van der Waals surface area contributed by atoms with Crippen LogP contribution in [-0.4, -0.2) is 13.1 Å². The minimum absolute atomic E-state index is 0.910. The zero-order valence-corrected chi connectivity index (χ0v) is 7.56. The summed E-state index contributed by atoms with van der Waals surface area (Å²) in [7, 11) is 0. The van der Waals surface area contributed by atoms with Crippen molar-refractivity contribution in [2.75, 3.05) is 18.0 Å². The summed E-state index contributed by atoms with van der Waals surface area (Å²) in [6.07, 6.45) is 2.37. The maximum atomic E-state index is 6.01. The molecule has 62 valence electrons. The van der Waals surface area contributed by atoms with Crippen molar-refractivity contribution in [2.45, 2.75) is 12.8 Å². The summed E-state index contributed by atoms with van der Waals surface area (Å²) >= 11 is 6.01. The highest BCUT2D eigenvalue weighted by molar-refractivity contribution is 6.30. The second kappa shape index (κ2) is 2.17. The second-order valence-corrected chi connectivity index (χ2v) is 4.00. The predicted octanol–water partition coefficient (Wildman–Crippen LogP) is 2.26. The van der Waals surface area contributed by atoms with Crippen molar-refractivity contribution in [1.82, 2.24) is 0 Å². The molecule has 0 aromatic heterocycles. The lowest BCUT2D eigenvalue weighted by molar-refractivity contribution is 0.855. The topological polar surface area (TPSA) is 3.24 Å². The Bertz CT molecular complexity index is 317. The molecule has 0 N–H and O–H groups in total. The average Bonchev–Trinajstić information content (AvgIpc) is 2.59. The monoisotopic (exact) mass is 179 g/mol. The van der Waals surface area contributed by atoms with Gasteiger partial charge in [0, 0.05) is 23.8 Å². The van der Waals surface area contributed by atoms with Crippen molar-refractivity contribution in [1.29, 1.82) is 0 Å². The van der Waals surface area contributed by atoms with Crippen LogP contribution < -0.4 is 4.90 Å². The van der Waals surface area contributed by atoms with Crippen molar-refractivity contribution in [3.05, 3.63) is 28.3 Å². The van der Waals surface area contributed by atoms with Gasteiger partial charge in [0.25, 0.3) is 0 Å². The number of benzene rings is 1. The predicted molar refractivity (Wildman–Crippen MR) is 51.1 cm³/mol. The van der Waals surface area contributed by atoms with Crippen molar-refractivity contribution in [2.24, 2.45) is 0 Å². The molecule has 0 saturated heterocycles. The summed E-state index contributed by atoms with van der Waals surface area (Å²) in [6, 6.07) is 4.23. The van der Waals surface area contributed by atoms with Gasteiger partial charge in [0.05, 0.1) is 0 Å². The number of hydrogen-bond acceptors (Lipinski definition) is 1. The van der Waals surface area contributed by atoms with E-state index in [-0.39, 0.29) is 0 Å². The molecule has 1 aromatic carbocycles. The first kappa shape index (κ1) is 6.79. The zero-order valence-electron chi connectivity index (χ0n) is 6.81. The summed E-state index contributed by atoms with van der Waals surface area (Å²) in [4.78, 5) is 2.47. The fourth-order valence-electron chi connectivity index (χ4n) is 2.35. The Labute approximate surface area is 76.9 Å². The van der Waals surface area contributed by atoms with Crippen LogP contribution in [0.2, 0.25) is 5.02 Å². The molecular formula is C10H10ClN. The second-order valence-electron chi connectivity index (χ2n) is 3.56. The fourth-order valence-corrected chi connectivity index (χ4v) is 2.61. The van der Waals surface area contributed by atoms with Gasteiger partial charge in [-0.05, 0) is 36.1 Å².